The van der Waals surface area contributed by atoms with E-state index in [4.69, 9.17) is 9.84 Å². The Hall–Kier alpha value is -2.84. The van der Waals surface area contributed by atoms with Crippen LogP contribution in [0.2, 0.25) is 0 Å². The number of carboxylic acid groups (broad SMARTS) is 1. The van der Waals surface area contributed by atoms with E-state index in [9.17, 15) is 13.2 Å². The molecule has 0 saturated heterocycles. The first-order chi connectivity index (χ1) is 13.8. The van der Waals surface area contributed by atoms with E-state index in [1.54, 1.807) is 74.5 Å². The van der Waals surface area contributed by atoms with Crippen LogP contribution in [-0.4, -0.2) is 25.5 Å². The number of nitrogens with zero attached hydrogens (tertiary/aromatic N) is 1. The molecule has 1 aromatic heterocycles. The molecule has 0 fully saturated rings. The van der Waals surface area contributed by atoms with Crippen molar-refractivity contribution in [2.24, 2.45) is 0 Å². The van der Waals surface area contributed by atoms with E-state index < -0.39 is 16.0 Å². The molecule has 3 rings (SSSR count). The number of thiophene rings is 1. The van der Waals surface area contributed by atoms with Gasteiger partial charge in [0.1, 0.15) is 17.2 Å². The second-order valence-corrected chi connectivity index (χ2v) is 9.52. The number of hydrogen-bond donors (Lipinski definition) is 1. The Morgan fingerprint density at radius 2 is 1.69 bits per heavy atom. The average Bonchev–Trinajstić information content (AvgIpc) is 3.17. The molecule has 29 heavy (non-hydrogen) atoms. The number of hydrogen-bond acceptors (Lipinski definition) is 5. The third kappa shape index (κ3) is 4.60. The highest BCUT2D eigenvalue weighted by Crippen LogP contribution is 2.35. The maximum absolute atomic E-state index is 13.3. The molecule has 3 aromatic rings. The zero-order valence-electron chi connectivity index (χ0n) is 16.0. The van der Waals surface area contributed by atoms with Crippen molar-refractivity contribution in [3.63, 3.8) is 0 Å². The second kappa shape index (κ2) is 8.67. The minimum absolute atomic E-state index is 0.145. The summed E-state index contributed by atoms with van der Waals surface area (Å²) in [5, 5.41) is 9.06. The minimum atomic E-state index is -3.79. The second-order valence-electron chi connectivity index (χ2n) is 6.54. The summed E-state index contributed by atoms with van der Waals surface area (Å²) in [5.41, 5.74) is 0.432. The number of para-hydroxylation sites is 2. The Morgan fingerprint density at radius 1 is 1.03 bits per heavy atom. The molecular weight excluding hydrogens is 410 g/mol. The van der Waals surface area contributed by atoms with Crippen molar-refractivity contribution in [1.82, 2.24) is 0 Å². The molecule has 0 amide bonds. The fourth-order valence-corrected chi connectivity index (χ4v) is 5.32. The highest BCUT2D eigenvalue weighted by molar-refractivity contribution is 7.92. The molecule has 0 unspecified atom stereocenters. The van der Waals surface area contributed by atoms with Crippen molar-refractivity contribution >= 4 is 33.0 Å². The van der Waals surface area contributed by atoms with Crippen molar-refractivity contribution in [2.45, 2.75) is 31.4 Å². The third-order valence-electron chi connectivity index (χ3n) is 4.11. The van der Waals surface area contributed by atoms with Gasteiger partial charge in [0.15, 0.2) is 0 Å². The lowest BCUT2D eigenvalue weighted by Crippen LogP contribution is -2.37. The fourth-order valence-electron chi connectivity index (χ4n) is 2.87. The Kier molecular flexibility index (Phi) is 6.24. The van der Waals surface area contributed by atoms with E-state index in [1.165, 1.54) is 10.4 Å². The quantitative estimate of drug-likeness (QED) is 0.562. The van der Waals surface area contributed by atoms with Crippen LogP contribution >= 0.6 is 11.3 Å². The Balaban J connectivity index is 1.93. The van der Waals surface area contributed by atoms with E-state index >= 15 is 0 Å². The molecule has 152 valence electrons. The van der Waals surface area contributed by atoms with Gasteiger partial charge >= 0.3 is 5.97 Å². The first-order valence-corrected chi connectivity index (χ1v) is 11.2. The predicted molar refractivity (Wildman–Crippen MR) is 113 cm³/mol. The van der Waals surface area contributed by atoms with Gasteiger partial charge in [0.25, 0.3) is 10.0 Å². The van der Waals surface area contributed by atoms with Gasteiger partial charge in [0.2, 0.25) is 0 Å². The number of aromatic carboxylic acids is 1. The third-order valence-corrected chi connectivity index (χ3v) is 7.16. The molecule has 0 radical (unpaired) electrons. The summed E-state index contributed by atoms with van der Waals surface area (Å²) in [5.74, 6) is -0.576. The number of ether oxygens (including phenoxy) is 1. The molecule has 0 saturated carbocycles. The number of sulfonamides is 1. The smallest absolute Gasteiger partial charge is 0.345 e. The zero-order chi connectivity index (χ0) is 21.0. The summed E-state index contributed by atoms with van der Waals surface area (Å²) in [6, 6.07) is 18.1. The van der Waals surface area contributed by atoms with E-state index in [2.05, 4.69) is 0 Å². The van der Waals surface area contributed by atoms with E-state index in [0.29, 0.717) is 11.4 Å². The highest BCUT2D eigenvalue weighted by Gasteiger charge is 2.29. The summed E-state index contributed by atoms with van der Waals surface area (Å²) in [6.45, 7) is 3.75. The Labute approximate surface area is 174 Å². The molecule has 0 bridgehead atoms. The van der Waals surface area contributed by atoms with Crippen LogP contribution < -0.4 is 9.04 Å². The monoisotopic (exact) mass is 431 g/mol. The summed E-state index contributed by atoms with van der Waals surface area (Å²) in [4.78, 5) is 12.2. The minimum Gasteiger partial charge on any atom is -0.486 e. The van der Waals surface area contributed by atoms with Crippen molar-refractivity contribution in [3.8, 4) is 5.75 Å². The standard InChI is InChI=1S/C21H21NO5S2/c1-15(2)22(29(25,26)17-8-4-3-5-9-17)18-10-6-7-11-19(18)27-14-16-12-13-20(28-16)21(23)24/h3-13,15H,14H2,1-2H3,(H,23,24). The summed E-state index contributed by atoms with van der Waals surface area (Å²) in [7, 11) is -3.79. The van der Waals surface area contributed by atoms with E-state index in [-0.39, 0.29) is 22.4 Å². The predicted octanol–water partition coefficient (Wildman–Crippen LogP) is 4.63. The molecule has 2 aromatic carbocycles. The molecule has 6 nitrogen and oxygen atoms in total. The van der Waals surface area contributed by atoms with Gasteiger partial charge in [-0.15, -0.1) is 11.3 Å². The lowest BCUT2D eigenvalue weighted by molar-refractivity contribution is 0.0702. The Bertz CT molecular complexity index is 1090. The fraction of sp³-hybridized carbons (Fsp3) is 0.190. The Morgan fingerprint density at radius 3 is 2.31 bits per heavy atom. The maximum atomic E-state index is 13.3. The molecule has 1 heterocycles. The number of rotatable bonds is 8. The molecule has 0 aliphatic rings. The van der Waals surface area contributed by atoms with Crippen molar-refractivity contribution < 1.29 is 23.1 Å². The lowest BCUT2D eigenvalue weighted by Gasteiger charge is -2.29. The maximum Gasteiger partial charge on any atom is 0.345 e. The molecule has 0 spiro atoms. The topological polar surface area (TPSA) is 83.9 Å². The highest BCUT2D eigenvalue weighted by atomic mass is 32.2. The van der Waals surface area contributed by atoms with Crippen LogP contribution in [-0.2, 0) is 16.6 Å². The van der Waals surface area contributed by atoms with Crippen LogP contribution in [0.1, 0.15) is 28.4 Å². The molecule has 0 aliphatic heterocycles. The normalized spacial score (nSPS) is 11.4. The van der Waals surface area contributed by atoms with Crippen LogP contribution in [0, 0.1) is 0 Å². The van der Waals surface area contributed by atoms with Gasteiger partial charge < -0.3 is 9.84 Å². The van der Waals surface area contributed by atoms with Crippen molar-refractivity contribution in [2.75, 3.05) is 4.31 Å². The van der Waals surface area contributed by atoms with E-state index in [0.717, 1.165) is 16.2 Å². The summed E-state index contributed by atoms with van der Waals surface area (Å²) >= 11 is 1.13. The molecule has 1 N–H and O–H groups in total. The van der Waals surface area contributed by atoms with Crippen LogP contribution in [0.5, 0.6) is 5.75 Å². The largest absolute Gasteiger partial charge is 0.486 e. The van der Waals surface area contributed by atoms with Crippen molar-refractivity contribution in [1.29, 1.82) is 0 Å². The first kappa shape index (κ1) is 20.9. The van der Waals surface area contributed by atoms with Gasteiger partial charge in [-0.2, -0.15) is 0 Å². The van der Waals surface area contributed by atoms with Crippen LogP contribution in [0.25, 0.3) is 0 Å². The number of anilines is 1. The number of benzene rings is 2. The van der Waals surface area contributed by atoms with Gasteiger partial charge in [0, 0.05) is 10.9 Å². The molecule has 0 aliphatic carbocycles. The lowest BCUT2D eigenvalue weighted by atomic mass is 10.2. The SMILES string of the molecule is CC(C)N(c1ccccc1OCc1ccc(C(=O)O)s1)S(=O)(=O)c1ccccc1. The van der Waals surface area contributed by atoms with E-state index in [1.807, 2.05) is 0 Å². The number of carbonyl (C=O) groups is 1. The summed E-state index contributed by atoms with van der Waals surface area (Å²) < 4.78 is 33.8. The number of carboxylic acids is 1. The molecular formula is C21H21NO5S2. The molecule has 0 atom stereocenters. The molecule has 8 heteroatoms. The van der Waals surface area contributed by atoms with Crippen LogP contribution in [0.4, 0.5) is 5.69 Å². The zero-order valence-corrected chi connectivity index (χ0v) is 17.6. The average molecular weight is 432 g/mol. The van der Waals surface area contributed by atoms with Crippen LogP contribution in [0.15, 0.2) is 71.6 Å². The van der Waals surface area contributed by atoms with Gasteiger partial charge in [-0.3, -0.25) is 4.31 Å². The first-order valence-electron chi connectivity index (χ1n) is 8.94. The van der Waals surface area contributed by atoms with Gasteiger partial charge in [-0.1, -0.05) is 30.3 Å². The van der Waals surface area contributed by atoms with Gasteiger partial charge in [0.05, 0.1) is 10.6 Å². The van der Waals surface area contributed by atoms with Crippen molar-refractivity contribution in [3.05, 3.63) is 76.5 Å². The van der Waals surface area contributed by atoms with Gasteiger partial charge in [-0.05, 0) is 50.2 Å². The van der Waals surface area contributed by atoms with Crippen LogP contribution in [0.3, 0.4) is 0 Å². The summed E-state index contributed by atoms with van der Waals surface area (Å²) in [6.07, 6.45) is 0. The van der Waals surface area contributed by atoms with Gasteiger partial charge in [-0.25, -0.2) is 13.2 Å².